The number of carbonyl (C=O) groups excluding carboxylic acids is 2. The van der Waals surface area contributed by atoms with Crippen LogP contribution >= 0.6 is 0 Å². The summed E-state index contributed by atoms with van der Waals surface area (Å²) in [4.78, 5) is 54.6. The number of ether oxygens (including phenoxy) is 1. The number of hydrogen-bond donors (Lipinski definition) is 1. The highest BCUT2D eigenvalue weighted by atomic mass is 19.1. The lowest BCUT2D eigenvalue weighted by atomic mass is 9.98. The molecule has 1 unspecified atom stereocenters. The van der Waals surface area contributed by atoms with Crippen LogP contribution < -0.4 is 15.7 Å². The van der Waals surface area contributed by atoms with Crippen molar-refractivity contribution >= 4 is 33.8 Å². The van der Waals surface area contributed by atoms with Crippen molar-refractivity contribution in [3.05, 3.63) is 135 Å². The number of benzene rings is 3. The molecule has 7 heterocycles. The van der Waals surface area contributed by atoms with Gasteiger partial charge in [-0.2, -0.15) is 10.2 Å². The SMILES string of the molecule is COc1nccc(-c2cc3cc(C(=O)N4CCc5nn(-c6cc(C)c(F)c(C)c6)c(-n6ccn(-c7ccc8c(cnn8C)c7)c6=O)c5[C@@H]4C)n([C@@]4(C5NC(=O)ON5C)C[C@@H]4C)c3cc2F)c1C. The minimum Gasteiger partial charge on any atom is -0.481 e. The zero-order valence-electron chi connectivity index (χ0n) is 38.1. The van der Waals surface area contributed by atoms with Gasteiger partial charge in [0, 0.05) is 73.1 Å². The first-order chi connectivity index (χ1) is 32.1. The van der Waals surface area contributed by atoms with Crippen molar-refractivity contribution in [2.75, 3.05) is 20.7 Å². The molecule has 3 aliphatic rings. The molecular weight excluding hydrogens is 861 g/mol. The number of hydrogen-bond acceptors (Lipinski definition) is 9. The van der Waals surface area contributed by atoms with Crippen molar-refractivity contribution in [1.29, 1.82) is 0 Å². The number of carbonyl (C=O) groups is 2. The second kappa shape index (κ2) is 15.0. The molecule has 0 spiro atoms. The summed E-state index contributed by atoms with van der Waals surface area (Å²) in [6, 6.07) is 15.1. The van der Waals surface area contributed by atoms with Crippen LogP contribution in [0.25, 0.3) is 50.1 Å². The number of rotatable bonds is 8. The van der Waals surface area contributed by atoms with Crippen molar-refractivity contribution < 1.29 is 27.9 Å². The van der Waals surface area contributed by atoms with E-state index in [0.29, 0.717) is 85.9 Å². The first kappa shape index (κ1) is 42.1. The molecule has 67 heavy (non-hydrogen) atoms. The second-order valence-electron chi connectivity index (χ2n) is 18.1. The van der Waals surface area contributed by atoms with Crippen LogP contribution in [0, 0.1) is 38.3 Å². The molecule has 2 fully saturated rings. The number of methoxy groups -OCH3 is 1. The van der Waals surface area contributed by atoms with E-state index in [2.05, 4.69) is 15.4 Å². The van der Waals surface area contributed by atoms with Crippen molar-refractivity contribution in [1.82, 2.24) is 53.5 Å². The van der Waals surface area contributed by atoms with Crippen LogP contribution in [-0.2, 0) is 23.8 Å². The zero-order valence-corrected chi connectivity index (χ0v) is 38.1. The van der Waals surface area contributed by atoms with Crippen LogP contribution in [0.4, 0.5) is 13.6 Å². The normalized spacial score (nSPS) is 20.4. The van der Waals surface area contributed by atoms with E-state index in [1.165, 1.54) is 22.8 Å². The van der Waals surface area contributed by atoms with E-state index in [1.807, 2.05) is 50.6 Å². The van der Waals surface area contributed by atoms with Crippen LogP contribution in [0.1, 0.15) is 64.7 Å². The van der Waals surface area contributed by atoms with Crippen LogP contribution in [0.15, 0.2) is 84.2 Å². The molecule has 2 aliphatic heterocycles. The number of hydroxylamine groups is 2. The fraction of sp³-hybridized carbons (Fsp3) is 0.306. The Morgan fingerprint density at radius 3 is 2.36 bits per heavy atom. The first-order valence-corrected chi connectivity index (χ1v) is 22.1. The van der Waals surface area contributed by atoms with Gasteiger partial charge in [0.05, 0.1) is 53.0 Å². The molecule has 2 amide bonds. The Labute approximate surface area is 382 Å². The van der Waals surface area contributed by atoms with Gasteiger partial charge < -0.3 is 19.0 Å². The average molecular weight is 908 g/mol. The van der Waals surface area contributed by atoms with E-state index in [4.69, 9.17) is 14.7 Å². The minimum atomic E-state index is -0.898. The zero-order chi connectivity index (χ0) is 47.0. The predicted octanol–water partition coefficient (Wildman–Crippen LogP) is 7.34. The monoisotopic (exact) mass is 907 g/mol. The van der Waals surface area contributed by atoms with E-state index in [9.17, 15) is 9.59 Å². The maximum Gasteiger partial charge on any atom is 0.427 e. The Morgan fingerprint density at radius 1 is 0.910 bits per heavy atom. The summed E-state index contributed by atoms with van der Waals surface area (Å²) in [6.45, 7) is 9.39. The van der Waals surface area contributed by atoms with Crippen molar-refractivity contribution in [3.8, 4) is 34.2 Å². The molecule has 0 bridgehead atoms. The van der Waals surface area contributed by atoms with Gasteiger partial charge >= 0.3 is 11.8 Å². The standard InChI is InChI=1S/C49H47F2N11O5/c1-25-17-33(18-26(2)42(25)51)62-44(60-16-15-59(48(60)65)32-9-10-38-31(19-32)24-53-56(38)6)41-29(5)58(14-12-37(41)55-62)45(63)40-21-30-20-35(34-11-13-52-43(66-8)28(34)4)36(50)22-39(30)61(40)49(23-27(49)3)46-54-47(64)67-57(46)7/h9-11,13,15-22,24,27,29,46H,12,14,23H2,1-8H3,(H,54,64)/t27-,29-,46?,49-/m0/s1. The van der Waals surface area contributed by atoms with Crippen LogP contribution in [0.5, 0.6) is 5.88 Å². The van der Waals surface area contributed by atoms with Crippen LogP contribution in [0.3, 0.4) is 0 Å². The molecule has 3 aromatic carbocycles. The summed E-state index contributed by atoms with van der Waals surface area (Å²) in [7, 11) is 5.02. The summed E-state index contributed by atoms with van der Waals surface area (Å²) in [6.07, 6.45) is 6.26. The number of likely N-dealkylation sites (N-methyl/N-ethyl adjacent to an activating group) is 1. The Morgan fingerprint density at radius 2 is 1.66 bits per heavy atom. The molecule has 4 atom stereocenters. The highest BCUT2D eigenvalue weighted by Gasteiger charge is 2.64. The summed E-state index contributed by atoms with van der Waals surface area (Å²) in [5.74, 6) is -0.476. The van der Waals surface area contributed by atoms with Crippen molar-refractivity contribution in [2.24, 2.45) is 13.0 Å². The van der Waals surface area contributed by atoms with Gasteiger partial charge in [0.25, 0.3) is 5.91 Å². The molecule has 11 rings (SSSR count). The highest BCUT2D eigenvalue weighted by molar-refractivity contribution is 6.01. The molecule has 342 valence electrons. The third-order valence-electron chi connectivity index (χ3n) is 14.2. The predicted molar refractivity (Wildman–Crippen MR) is 245 cm³/mol. The van der Waals surface area contributed by atoms with Crippen LogP contribution in [0.2, 0.25) is 0 Å². The number of fused-ring (bicyclic) bond motifs is 3. The van der Waals surface area contributed by atoms with Crippen molar-refractivity contribution in [3.63, 3.8) is 0 Å². The van der Waals surface area contributed by atoms with Crippen molar-refractivity contribution in [2.45, 2.75) is 65.2 Å². The molecule has 0 radical (unpaired) electrons. The quantitative estimate of drug-likeness (QED) is 0.165. The van der Waals surface area contributed by atoms with E-state index in [-0.39, 0.29) is 35.6 Å². The topological polar surface area (TPSA) is 152 Å². The third kappa shape index (κ3) is 6.18. The summed E-state index contributed by atoms with van der Waals surface area (Å²) < 4.78 is 45.7. The average Bonchev–Trinajstić information content (AvgIpc) is 3.88. The number of aryl methyl sites for hydroxylation is 3. The Bertz CT molecular complexity index is 3450. The van der Waals surface area contributed by atoms with E-state index < -0.39 is 29.7 Å². The van der Waals surface area contributed by atoms with Gasteiger partial charge in [-0.15, -0.1) is 5.06 Å². The molecule has 1 saturated carbocycles. The van der Waals surface area contributed by atoms with Gasteiger partial charge in [0.1, 0.15) is 29.3 Å². The largest absolute Gasteiger partial charge is 0.481 e. The van der Waals surface area contributed by atoms with Gasteiger partial charge in [-0.05, 0) is 111 Å². The molecule has 16 nitrogen and oxygen atoms in total. The molecule has 18 heteroatoms. The van der Waals surface area contributed by atoms with E-state index >= 15 is 13.6 Å². The Balaban J connectivity index is 1.07. The number of pyridine rings is 1. The fourth-order valence-electron chi connectivity index (χ4n) is 10.7. The smallest absolute Gasteiger partial charge is 0.427 e. The number of nitrogens with one attached hydrogen (secondary N) is 1. The number of imidazole rings is 1. The second-order valence-corrected chi connectivity index (χ2v) is 18.1. The molecule has 5 aromatic heterocycles. The summed E-state index contributed by atoms with van der Waals surface area (Å²) >= 11 is 0. The number of nitrogens with zero attached hydrogens (tertiary/aromatic N) is 10. The highest BCUT2D eigenvalue weighted by Crippen LogP contribution is 2.56. The van der Waals surface area contributed by atoms with Gasteiger partial charge in [-0.3, -0.25) is 23.9 Å². The van der Waals surface area contributed by atoms with Gasteiger partial charge in [0.15, 0.2) is 0 Å². The fourth-order valence-corrected chi connectivity index (χ4v) is 10.7. The minimum absolute atomic E-state index is 0.0637. The molecule has 1 saturated heterocycles. The lowest BCUT2D eigenvalue weighted by molar-refractivity contribution is -0.0840. The van der Waals surface area contributed by atoms with Crippen LogP contribution in [-0.4, -0.2) is 87.1 Å². The van der Waals surface area contributed by atoms with Gasteiger partial charge in [0.2, 0.25) is 5.88 Å². The van der Waals surface area contributed by atoms with E-state index in [1.54, 1.807) is 94.8 Å². The number of amides is 2. The number of aromatic nitrogens is 8. The first-order valence-electron chi connectivity index (χ1n) is 22.1. The summed E-state index contributed by atoms with van der Waals surface area (Å²) in [5.41, 5.74) is 5.28. The molecule has 1 N–H and O–H groups in total. The van der Waals surface area contributed by atoms with Gasteiger partial charge in [-0.25, -0.2) is 28.0 Å². The van der Waals surface area contributed by atoms with Gasteiger partial charge in [-0.1, -0.05) is 6.92 Å². The lowest BCUT2D eigenvalue weighted by Crippen LogP contribution is -2.50. The maximum absolute atomic E-state index is 16.7. The van der Waals surface area contributed by atoms with E-state index in [0.717, 1.165) is 10.9 Å². The number of halogens is 2. The third-order valence-corrected chi connectivity index (χ3v) is 14.2. The Hall–Kier alpha value is -7.60. The molecule has 1 aliphatic carbocycles. The maximum atomic E-state index is 16.7. The molecular formula is C49H47F2N11O5. The lowest BCUT2D eigenvalue weighted by Gasteiger charge is -2.35. The Kier molecular flexibility index (Phi) is 9.39. The summed E-state index contributed by atoms with van der Waals surface area (Å²) in [5, 5.41) is 15.3. The molecule has 8 aromatic rings.